The van der Waals surface area contributed by atoms with Crippen molar-refractivity contribution in [1.29, 1.82) is 0 Å². The molecule has 0 bridgehead atoms. The largest absolute Gasteiger partial charge is 0.454 e. The summed E-state index contributed by atoms with van der Waals surface area (Å²) in [6, 6.07) is 5.93. The normalized spacial score (nSPS) is 22.2. The van der Waals surface area contributed by atoms with Crippen molar-refractivity contribution in [2.75, 3.05) is 19.9 Å². The molecule has 24 heavy (non-hydrogen) atoms. The van der Waals surface area contributed by atoms with E-state index in [4.69, 9.17) is 15.2 Å². The van der Waals surface area contributed by atoms with Gasteiger partial charge in [-0.25, -0.2) is 4.98 Å². The highest BCUT2D eigenvalue weighted by Gasteiger charge is 2.33. The zero-order valence-electron chi connectivity index (χ0n) is 13.4. The SMILES string of the molecule is CC1CC(CN)CN1C(=O)c1cnc(-c2ccc3c(c2)OCO3)s1. The van der Waals surface area contributed by atoms with E-state index in [1.54, 1.807) is 6.20 Å². The summed E-state index contributed by atoms with van der Waals surface area (Å²) in [5.74, 6) is 1.90. The van der Waals surface area contributed by atoms with Crippen LogP contribution < -0.4 is 15.2 Å². The number of carbonyl (C=O) groups is 1. The van der Waals surface area contributed by atoms with Crippen LogP contribution >= 0.6 is 11.3 Å². The fourth-order valence-electron chi connectivity index (χ4n) is 3.27. The summed E-state index contributed by atoms with van der Waals surface area (Å²) in [7, 11) is 0. The van der Waals surface area contributed by atoms with Crippen LogP contribution in [0.3, 0.4) is 0 Å². The third kappa shape index (κ3) is 2.63. The van der Waals surface area contributed by atoms with Crippen LogP contribution in [0.25, 0.3) is 10.6 Å². The van der Waals surface area contributed by atoms with E-state index in [0.29, 0.717) is 17.3 Å². The number of hydrogen-bond donors (Lipinski definition) is 1. The standard InChI is InChI=1S/C17H19N3O3S/c1-10-4-11(6-18)8-20(10)17(21)15-7-19-16(24-15)12-2-3-13-14(5-12)23-9-22-13/h2-3,5,7,10-11H,4,6,8-9,18H2,1H3. The van der Waals surface area contributed by atoms with Gasteiger partial charge in [-0.2, -0.15) is 0 Å². The number of hydrogen-bond acceptors (Lipinski definition) is 6. The number of nitrogens with two attached hydrogens (primary N) is 1. The molecule has 2 unspecified atom stereocenters. The number of amides is 1. The molecule has 1 aromatic heterocycles. The quantitative estimate of drug-likeness (QED) is 0.924. The number of aromatic nitrogens is 1. The van der Waals surface area contributed by atoms with Crippen LogP contribution in [-0.4, -0.2) is 41.7 Å². The van der Waals surface area contributed by atoms with Crippen molar-refractivity contribution in [3.63, 3.8) is 0 Å². The predicted molar refractivity (Wildman–Crippen MR) is 91.3 cm³/mol. The first-order valence-electron chi connectivity index (χ1n) is 8.02. The summed E-state index contributed by atoms with van der Waals surface area (Å²) in [5.41, 5.74) is 6.68. The maximum atomic E-state index is 12.8. The molecule has 1 saturated heterocycles. The second-order valence-electron chi connectivity index (χ2n) is 6.24. The molecule has 7 heteroatoms. The number of ether oxygens (including phenoxy) is 2. The Morgan fingerprint density at radius 3 is 3.04 bits per heavy atom. The van der Waals surface area contributed by atoms with Gasteiger partial charge in [-0.15, -0.1) is 11.3 Å². The van der Waals surface area contributed by atoms with Crippen LogP contribution in [0.15, 0.2) is 24.4 Å². The van der Waals surface area contributed by atoms with Crippen molar-refractivity contribution >= 4 is 17.2 Å². The Morgan fingerprint density at radius 2 is 2.25 bits per heavy atom. The van der Waals surface area contributed by atoms with Crippen molar-refractivity contribution in [1.82, 2.24) is 9.88 Å². The third-order valence-electron chi connectivity index (χ3n) is 4.59. The molecule has 2 atom stereocenters. The number of carbonyl (C=O) groups excluding carboxylic acids is 1. The summed E-state index contributed by atoms with van der Waals surface area (Å²) in [6.07, 6.45) is 2.63. The third-order valence-corrected chi connectivity index (χ3v) is 5.63. The van der Waals surface area contributed by atoms with E-state index in [0.717, 1.165) is 35.0 Å². The molecule has 1 aromatic carbocycles. The summed E-state index contributed by atoms with van der Waals surface area (Å²) in [5, 5.41) is 0.805. The summed E-state index contributed by atoms with van der Waals surface area (Å²) in [4.78, 5) is 19.8. The van der Waals surface area contributed by atoms with Crippen LogP contribution in [0.1, 0.15) is 23.0 Å². The monoisotopic (exact) mass is 345 g/mol. The maximum Gasteiger partial charge on any atom is 0.265 e. The Balaban J connectivity index is 1.55. The smallest absolute Gasteiger partial charge is 0.265 e. The Bertz CT molecular complexity index is 776. The minimum atomic E-state index is 0.0444. The van der Waals surface area contributed by atoms with Gasteiger partial charge in [0.15, 0.2) is 11.5 Å². The molecular formula is C17H19N3O3S. The minimum absolute atomic E-state index is 0.0444. The van der Waals surface area contributed by atoms with Gasteiger partial charge in [-0.05, 0) is 44.0 Å². The van der Waals surface area contributed by atoms with Gasteiger partial charge in [0, 0.05) is 18.2 Å². The second kappa shape index (κ2) is 6.07. The summed E-state index contributed by atoms with van der Waals surface area (Å²) in [6.45, 7) is 3.68. The number of rotatable bonds is 3. The van der Waals surface area contributed by atoms with E-state index in [2.05, 4.69) is 11.9 Å². The Kier molecular flexibility index (Phi) is 3.90. The molecule has 0 saturated carbocycles. The molecule has 2 aromatic rings. The zero-order valence-corrected chi connectivity index (χ0v) is 14.2. The molecule has 0 radical (unpaired) electrons. The lowest BCUT2D eigenvalue weighted by Gasteiger charge is -2.20. The Hall–Kier alpha value is -2.12. The Morgan fingerprint density at radius 1 is 1.42 bits per heavy atom. The molecule has 0 aliphatic carbocycles. The fraction of sp³-hybridized carbons (Fsp3) is 0.412. The first-order chi connectivity index (χ1) is 11.7. The predicted octanol–water partition coefficient (Wildman–Crippen LogP) is 2.35. The van der Waals surface area contributed by atoms with Crippen molar-refractivity contribution < 1.29 is 14.3 Å². The molecule has 0 spiro atoms. The first kappa shape index (κ1) is 15.4. The van der Waals surface area contributed by atoms with Gasteiger partial charge in [-0.1, -0.05) is 0 Å². The molecule has 4 rings (SSSR count). The van der Waals surface area contributed by atoms with Gasteiger partial charge >= 0.3 is 0 Å². The molecule has 126 valence electrons. The first-order valence-corrected chi connectivity index (χ1v) is 8.84. The van der Waals surface area contributed by atoms with Gasteiger partial charge in [-0.3, -0.25) is 4.79 Å². The van der Waals surface area contributed by atoms with E-state index in [1.807, 2.05) is 23.1 Å². The fourth-order valence-corrected chi connectivity index (χ4v) is 4.14. The van der Waals surface area contributed by atoms with Gasteiger partial charge in [0.05, 0.1) is 6.20 Å². The highest BCUT2D eigenvalue weighted by atomic mass is 32.1. The van der Waals surface area contributed by atoms with E-state index < -0.39 is 0 Å². The molecule has 1 fully saturated rings. The average Bonchev–Trinajstić information content (AvgIpc) is 3.32. The van der Waals surface area contributed by atoms with Gasteiger partial charge in [0.25, 0.3) is 5.91 Å². The van der Waals surface area contributed by atoms with E-state index in [1.165, 1.54) is 11.3 Å². The van der Waals surface area contributed by atoms with E-state index >= 15 is 0 Å². The molecular weight excluding hydrogens is 326 g/mol. The zero-order chi connectivity index (χ0) is 16.7. The lowest BCUT2D eigenvalue weighted by molar-refractivity contribution is 0.0748. The molecule has 2 aliphatic heterocycles. The van der Waals surface area contributed by atoms with E-state index in [9.17, 15) is 4.79 Å². The van der Waals surface area contributed by atoms with Crippen LogP contribution in [0.5, 0.6) is 11.5 Å². The highest BCUT2D eigenvalue weighted by molar-refractivity contribution is 7.16. The molecule has 3 heterocycles. The molecule has 2 aliphatic rings. The maximum absolute atomic E-state index is 12.8. The van der Waals surface area contributed by atoms with Crippen LogP contribution in [0, 0.1) is 5.92 Å². The molecule has 6 nitrogen and oxygen atoms in total. The summed E-state index contributed by atoms with van der Waals surface area (Å²) >= 11 is 1.41. The minimum Gasteiger partial charge on any atom is -0.454 e. The van der Waals surface area contributed by atoms with Crippen LogP contribution in [0.4, 0.5) is 0 Å². The van der Waals surface area contributed by atoms with Crippen molar-refractivity contribution in [3.05, 3.63) is 29.3 Å². The number of nitrogens with zero attached hydrogens (tertiary/aromatic N) is 2. The molecule has 2 N–H and O–H groups in total. The number of thiazole rings is 1. The van der Waals surface area contributed by atoms with Gasteiger partial charge in [0.1, 0.15) is 9.88 Å². The average molecular weight is 345 g/mol. The lowest BCUT2D eigenvalue weighted by atomic mass is 10.1. The van der Waals surface area contributed by atoms with Crippen molar-refractivity contribution in [2.24, 2.45) is 11.7 Å². The molecule has 1 amide bonds. The second-order valence-corrected chi connectivity index (χ2v) is 7.27. The highest BCUT2D eigenvalue weighted by Crippen LogP contribution is 2.37. The summed E-state index contributed by atoms with van der Waals surface area (Å²) < 4.78 is 10.7. The topological polar surface area (TPSA) is 77.7 Å². The lowest BCUT2D eigenvalue weighted by Crippen LogP contribution is -2.33. The van der Waals surface area contributed by atoms with Crippen LogP contribution in [-0.2, 0) is 0 Å². The van der Waals surface area contributed by atoms with Crippen molar-refractivity contribution in [2.45, 2.75) is 19.4 Å². The number of likely N-dealkylation sites (tertiary alicyclic amines) is 1. The van der Waals surface area contributed by atoms with E-state index in [-0.39, 0.29) is 18.7 Å². The van der Waals surface area contributed by atoms with Crippen LogP contribution in [0.2, 0.25) is 0 Å². The number of benzene rings is 1. The van der Waals surface area contributed by atoms with Crippen molar-refractivity contribution in [3.8, 4) is 22.1 Å². The van der Waals surface area contributed by atoms with Gasteiger partial charge in [0.2, 0.25) is 6.79 Å². The van der Waals surface area contributed by atoms with Gasteiger partial charge < -0.3 is 20.1 Å². The number of fused-ring (bicyclic) bond motifs is 1. The Labute approximate surface area is 144 Å².